The fourth-order valence-corrected chi connectivity index (χ4v) is 12.2. The second-order valence-electron chi connectivity index (χ2n) is 19.0. The number of fused-ring (bicyclic) bond motifs is 2. The molecule has 336 valence electrons. The van der Waals surface area contributed by atoms with Crippen LogP contribution in [0.15, 0.2) is 30.7 Å². The number of nitrogens with one attached hydrogen (secondary N) is 4. The van der Waals surface area contributed by atoms with E-state index in [1.807, 2.05) is 26.0 Å². The first-order valence-electron chi connectivity index (χ1n) is 22.6. The van der Waals surface area contributed by atoms with Gasteiger partial charge in [-0.25, -0.2) is 24.9 Å². The molecule has 5 aliphatic rings. The number of hydrogen-bond donors (Lipinski definition) is 8. The molecule has 17 nitrogen and oxygen atoms in total. The zero-order valence-electron chi connectivity index (χ0n) is 36.0. The molecule has 8 N–H and O–H groups in total. The van der Waals surface area contributed by atoms with Crippen LogP contribution in [0, 0.1) is 42.9 Å². The van der Waals surface area contributed by atoms with Crippen molar-refractivity contribution in [2.24, 2.45) is 29.1 Å². The number of anilines is 4. The van der Waals surface area contributed by atoms with Gasteiger partial charge in [0.15, 0.2) is 0 Å². The summed E-state index contributed by atoms with van der Waals surface area (Å²) in [5.74, 6) is 3.86. The lowest BCUT2D eigenvalue weighted by atomic mass is 9.76. The topological polar surface area (TPSA) is 241 Å². The van der Waals surface area contributed by atoms with Crippen molar-refractivity contribution in [2.45, 2.75) is 109 Å². The predicted octanol–water partition coefficient (Wildman–Crippen LogP) is 5.79. The molecule has 5 aliphatic carbocycles. The van der Waals surface area contributed by atoms with Gasteiger partial charge in [-0.3, -0.25) is 4.98 Å². The third-order valence-electron chi connectivity index (χ3n) is 14.1. The number of aromatic nitrogens is 8. The van der Waals surface area contributed by atoms with Crippen LogP contribution in [0.2, 0.25) is 0 Å². The number of aryl methyl sites for hydroxylation is 2. The molecular formula is C45H54N12O5S2. The van der Waals surface area contributed by atoms with Crippen LogP contribution < -0.4 is 26.0 Å². The highest BCUT2D eigenvalue weighted by molar-refractivity contribution is 7.22. The van der Waals surface area contributed by atoms with Gasteiger partial charge in [0.2, 0.25) is 17.8 Å². The van der Waals surface area contributed by atoms with Crippen LogP contribution in [0.5, 0.6) is 5.88 Å². The molecule has 0 aromatic carbocycles. The molecule has 19 heteroatoms. The molecule has 0 aliphatic heterocycles. The Morgan fingerprint density at radius 1 is 0.766 bits per heavy atom. The third kappa shape index (κ3) is 7.86. The number of ether oxygens (including phenoxy) is 1. The quantitative estimate of drug-likeness (QED) is 0.0608. The van der Waals surface area contributed by atoms with E-state index in [9.17, 15) is 20.4 Å². The van der Waals surface area contributed by atoms with Crippen LogP contribution in [0.3, 0.4) is 0 Å². The van der Waals surface area contributed by atoms with Gasteiger partial charge in [-0.05, 0) is 95.1 Å². The summed E-state index contributed by atoms with van der Waals surface area (Å²) in [4.78, 5) is 38.9. The molecule has 0 amide bonds. The van der Waals surface area contributed by atoms with Crippen molar-refractivity contribution in [3.8, 4) is 27.0 Å². The van der Waals surface area contributed by atoms with E-state index < -0.39 is 36.4 Å². The molecule has 6 heterocycles. The van der Waals surface area contributed by atoms with Crippen LogP contribution >= 0.6 is 22.7 Å². The van der Waals surface area contributed by atoms with E-state index in [0.29, 0.717) is 75.9 Å². The van der Waals surface area contributed by atoms with Gasteiger partial charge in [0.1, 0.15) is 44.9 Å². The summed E-state index contributed by atoms with van der Waals surface area (Å²) in [6.45, 7) is 7.49. The van der Waals surface area contributed by atoms with Gasteiger partial charge >= 0.3 is 0 Å². The van der Waals surface area contributed by atoms with Crippen molar-refractivity contribution < 1.29 is 25.2 Å². The minimum atomic E-state index is -1.10. The van der Waals surface area contributed by atoms with Crippen LogP contribution in [0.4, 0.5) is 23.5 Å². The Bertz CT molecular complexity index is 2670. The van der Waals surface area contributed by atoms with Gasteiger partial charge in [-0.1, -0.05) is 6.92 Å². The molecule has 5 fully saturated rings. The highest BCUT2D eigenvalue weighted by atomic mass is 32.1. The Kier molecular flexibility index (Phi) is 10.8. The first kappa shape index (κ1) is 41.8. The molecule has 6 aromatic heterocycles. The number of hydrogen-bond acceptors (Lipinski definition) is 19. The standard InChI is InChI=1S/C45H54N12O5S2/c1-20-12-24(13-20)17-49-44-51-22(3)32(38(56-44)52-26-14-25(19-58)34(59)35(26)60)42-55-33-30(64-42)7-11-47-40(33)62-36-27(15-45(8-9-45)37(36)61)53-39-31(41-54-28-18-46-10-6-29(28)63-41)21(2)50-43(57-39)48-16-23-4-5-23/h6-7,10-11,18,20,23-27,34-37,58-61H,4-5,8-9,12-17,19H2,1-3H3,(H2,48,50,53,57)(H2,49,51,52,56)/t20?,24?,25-,26-,27-,34-,35+,36+,37+/m1/s1. The zero-order chi connectivity index (χ0) is 43.9. The first-order valence-corrected chi connectivity index (χ1v) is 24.2. The largest absolute Gasteiger partial charge is 0.468 e. The van der Waals surface area contributed by atoms with Crippen LogP contribution in [-0.2, 0) is 0 Å². The molecule has 11 rings (SSSR count). The van der Waals surface area contributed by atoms with Crippen molar-refractivity contribution >= 4 is 66.6 Å². The van der Waals surface area contributed by atoms with E-state index in [2.05, 4.69) is 33.2 Å². The number of nitrogens with zero attached hydrogens (tertiary/aromatic N) is 8. The lowest BCUT2D eigenvalue weighted by molar-refractivity contribution is 0.00446. The number of thiazole rings is 2. The molecule has 0 bridgehead atoms. The SMILES string of the molecule is Cc1nc(NCC2CC2)nc(N[C@@H]2CC3(CC3)[C@@H](O)[C@H]2Oc2nccc3sc(-c4c(C)nc(NCC5CC(C)C5)nc4N[C@@H]4C[C@H](CO)[C@@H](O)[C@H]4O)nc23)c1-c1nc2cnccc2s1. The molecule has 0 unspecified atom stereocenters. The highest BCUT2D eigenvalue weighted by Crippen LogP contribution is 2.59. The Labute approximate surface area is 378 Å². The molecule has 0 radical (unpaired) electrons. The van der Waals surface area contributed by atoms with Crippen molar-refractivity contribution in [3.05, 3.63) is 42.1 Å². The lowest BCUT2D eigenvalue weighted by Gasteiger charge is -2.32. The monoisotopic (exact) mass is 906 g/mol. The molecule has 7 atom stereocenters. The Hall–Kier alpha value is -4.92. The van der Waals surface area contributed by atoms with Crippen molar-refractivity contribution in [2.75, 3.05) is 41.0 Å². The summed E-state index contributed by atoms with van der Waals surface area (Å²) >= 11 is 3.02. The van der Waals surface area contributed by atoms with Crippen molar-refractivity contribution in [1.29, 1.82) is 0 Å². The van der Waals surface area contributed by atoms with E-state index in [1.165, 1.54) is 24.2 Å². The van der Waals surface area contributed by atoms with Crippen molar-refractivity contribution in [3.63, 3.8) is 0 Å². The maximum absolute atomic E-state index is 12.1. The van der Waals surface area contributed by atoms with Gasteiger partial charge in [-0.2, -0.15) is 9.97 Å². The number of pyridine rings is 2. The van der Waals surface area contributed by atoms with Crippen LogP contribution in [0.1, 0.15) is 69.7 Å². The minimum absolute atomic E-state index is 0.237. The van der Waals surface area contributed by atoms with E-state index >= 15 is 0 Å². The average Bonchev–Trinajstić information content (AvgIpc) is 4.12. The summed E-state index contributed by atoms with van der Waals surface area (Å²) in [5, 5.41) is 59.2. The van der Waals surface area contributed by atoms with E-state index in [0.717, 1.165) is 75.9 Å². The normalized spacial score (nSPS) is 28.1. The number of rotatable bonds is 15. The molecule has 0 saturated heterocycles. The first-order chi connectivity index (χ1) is 31.0. The molecule has 1 spiro atoms. The van der Waals surface area contributed by atoms with Gasteiger partial charge in [0.05, 0.1) is 62.4 Å². The number of aliphatic hydroxyl groups is 4. The molecule has 6 aromatic rings. The highest BCUT2D eigenvalue weighted by Gasteiger charge is 2.61. The summed E-state index contributed by atoms with van der Waals surface area (Å²) in [7, 11) is 0. The van der Waals surface area contributed by atoms with Crippen LogP contribution in [-0.4, -0.2) is 116 Å². The summed E-state index contributed by atoms with van der Waals surface area (Å²) in [6, 6.07) is 2.96. The smallest absolute Gasteiger partial charge is 0.241 e. The van der Waals surface area contributed by atoms with Crippen molar-refractivity contribution in [1.82, 2.24) is 39.9 Å². The lowest BCUT2D eigenvalue weighted by Crippen LogP contribution is -2.41. The third-order valence-corrected chi connectivity index (χ3v) is 16.2. The number of aliphatic hydroxyl groups excluding tert-OH is 4. The van der Waals surface area contributed by atoms with E-state index in [1.54, 1.807) is 29.9 Å². The summed E-state index contributed by atoms with van der Waals surface area (Å²) in [6.07, 6.45) is 9.16. The zero-order valence-corrected chi connectivity index (χ0v) is 37.7. The maximum atomic E-state index is 12.1. The van der Waals surface area contributed by atoms with Gasteiger partial charge in [0.25, 0.3) is 0 Å². The average molecular weight is 907 g/mol. The second kappa shape index (κ2) is 16.5. The Morgan fingerprint density at radius 2 is 1.42 bits per heavy atom. The summed E-state index contributed by atoms with van der Waals surface area (Å²) < 4.78 is 8.71. The second-order valence-corrected chi connectivity index (χ2v) is 21.0. The predicted molar refractivity (Wildman–Crippen MR) is 247 cm³/mol. The molecular weight excluding hydrogens is 853 g/mol. The Balaban J connectivity index is 0.921. The minimum Gasteiger partial charge on any atom is -0.468 e. The summed E-state index contributed by atoms with van der Waals surface area (Å²) in [5.41, 5.74) is 4.00. The fourth-order valence-electron chi connectivity index (χ4n) is 10.1. The van der Waals surface area contributed by atoms with Gasteiger partial charge in [-0.15, -0.1) is 22.7 Å². The van der Waals surface area contributed by atoms with Crippen LogP contribution in [0.25, 0.3) is 41.6 Å². The molecule has 5 saturated carbocycles. The van der Waals surface area contributed by atoms with E-state index in [4.69, 9.17) is 39.6 Å². The maximum Gasteiger partial charge on any atom is 0.241 e. The van der Waals surface area contributed by atoms with E-state index in [-0.39, 0.29) is 18.1 Å². The fraction of sp³-hybridized carbons (Fsp3) is 0.556. The van der Waals surface area contributed by atoms with Gasteiger partial charge in [0, 0.05) is 43.4 Å². The molecule has 64 heavy (non-hydrogen) atoms. The Morgan fingerprint density at radius 3 is 2.06 bits per heavy atom. The van der Waals surface area contributed by atoms with Gasteiger partial charge < -0.3 is 46.4 Å².